The molecule has 1 fully saturated rings. The largest absolute Gasteiger partial charge is 0.394 e. The Hall–Kier alpha value is 4.12. The maximum absolute atomic E-state index is 9.15. The van der Waals surface area contributed by atoms with Gasteiger partial charge >= 0.3 is 0 Å². The van der Waals surface area contributed by atoms with E-state index >= 15 is 0 Å². The van der Waals surface area contributed by atoms with Crippen molar-refractivity contribution < 1.29 is 157 Å². The van der Waals surface area contributed by atoms with Crippen LogP contribution in [0.3, 0.4) is 0 Å². The Balaban J connectivity index is -0.000000403. The van der Waals surface area contributed by atoms with Crippen molar-refractivity contribution in [3.05, 3.63) is 0 Å². The fourth-order valence-corrected chi connectivity index (χ4v) is 1.06. The second kappa shape index (κ2) is 12.2. The molecule has 1 heterocycles. The Morgan fingerprint density at radius 2 is 1.64 bits per heavy atom. The van der Waals surface area contributed by atoms with Gasteiger partial charge in [0.2, 0.25) is 0 Å². The Labute approximate surface area is 190 Å². The molecule has 1 aliphatic rings. The monoisotopic (exact) mass is 845 g/mol. The summed E-state index contributed by atoms with van der Waals surface area (Å²) in [6.07, 6.45) is -3.71. The number of hydrogen-bond donors (Lipinski definition) is 3. The summed E-state index contributed by atoms with van der Waals surface area (Å²) in [5.41, 5.74) is 0. The number of methoxy groups -OCH3 is 1. The summed E-state index contributed by atoms with van der Waals surface area (Å²) in [6, 6.07) is 0. The molecule has 0 aromatic heterocycles. The van der Waals surface area contributed by atoms with Gasteiger partial charge < -0.3 is 24.8 Å². The van der Waals surface area contributed by atoms with Crippen molar-refractivity contribution in [2.24, 2.45) is 0 Å². The predicted octanol–water partition coefficient (Wildman–Crippen LogP) is -1.93. The van der Waals surface area contributed by atoms with Crippen LogP contribution in [0.15, 0.2) is 0 Å². The van der Waals surface area contributed by atoms with Crippen molar-refractivity contribution in [1.29, 1.82) is 0 Å². The average molecular weight is 845 g/mol. The van der Waals surface area contributed by atoms with Crippen molar-refractivity contribution in [3.63, 3.8) is 0 Å². The van der Waals surface area contributed by atoms with E-state index in [1.54, 1.807) is 0 Å². The van der Waals surface area contributed by atoms with Gasteiger partial charge in [-0.2, -0.15) is 0 Å². The van der Waals surface area contributed by atoms with Gasteiger partial charge in [0.05, 0.1) is 6.61 Å². The van der Waals surface area contributed by atoms with E-state index in [4.69, 9.17) is 20.1 Å². The molecule has 3 radical (unpaired) electrons. The molecule has 0 amide bonds. The molecule has 0 aromatic rings. The molecule has 0 aromatic carbocycles. The van der Waals surface area contributed by atoms with Crippen LogP contribution in [0, 0.1) is 132 Å². The number of rotatable bonds is 2. The quantitative estimate of drug-likeness (QED) is 0.303. The molecule has 0 saturated carbocycles. The second-order valence-corrected chi connectivity index (χ2v) is 2.44. The van der Waals surface area contributed by atoms with Crippen LogP contribution in [0.25, 0.3) is 0 Å². The first-order valence-corrected chi connectivity index (χ1v) is 3.36. The molecule has 0 bridgehead atoms. The van der Waals surface area contributed by atoms with Gasteiger partial charge in [-0.15, -0.1) is 0 Å². The summed E-state index contributed by atoms with van der Waals surface area (Å²) in [5.74, 6) is 0. The van der Waals surface area contributed by atoms with E-state index < -0.39 is 24.6 Å². The molecule has 14 heavy (non-hydrogen) atoms. The number of aliphatic hydroxyl groups excluding tert-OH is 3. The summed E-state index contributed by atoms with van der Waals surface area (Å²) in [7, 11) is 1.36. The number of hydrogen-bond acceptors (Lipinski definition) is 5. The van der Waals surface area contributed by atoms with Gasteiger partial charge in [-0.25, -0.2) is 0 Å². The van der Waals surface area contributed by atoms with Gasteiger partial charge in [-0.3, -0.25) is 0 Å². The normalized spacial score (nSPS) is 35.1. The molecular weight excluding hydrogens is 833 g/mol. The zero-order chi connectivity index (χ0) is 8.43. The number of aliphatic hydroxyl groups is 3. The topological polar surface area (TPSA) is 79.2 Å². The van der Waals surface area contributed by atoms with Gasteiger partial charge in [0, 0.05) is 139 Å². The molecule has 1 aliphatic heterocycles. The maximum Gasteiger partial charge on any atom is 0.186 e. The third-order valence-corrected chi connectivity index (χ3v) is 1.73. The molecule has 4 atom stereocenters. The van der Waals surface area contributed by atoms with Crippen LogP contribution in [0.1, 0.15) is 0 Å². The van der Waals surface area contributed by atoms with Crippen LogP contribution < -0.4 is 0 Å². The predicted molar refractivity (Wildman–Crippen MR) is 34.8 cm³/mol. The molecule has 1 rings (SSSR count). The van der Waals surface area contributed by atoms with E-state index in [1.807, 2.05) is 0 Å². The third-order valence-electron chi connectivity index (χ3n) is 1.73. The zero-order valence-electron chi connectivity index (χ0n) is 7.91. The Morgan fingerprint density at radius 3 is 1.86 bits per heavy atom. The van der Waals surface area contributed by atoms with E-state index in [1.165, 1.54) is 7.11 Å². The van der Waals surface area contributed by atoms with Crippen molar-refractivity contribution >= 4 is 0 Å². The zero-order valence-corrected chi connectivity index (χ0v) is 22.1. The SMILES string of the molecule is COC1OC(CO)C(O)C1O.[Ac].[Ac].[Ac]. The smallest absolute Gasteiger partial charge is 0.186 e. The first-order chi connectivity index (χ1) is 5.20. The Bertz CT molecular complexity index is 121. The van der Waals surface area contributed by atoms with Gasteiger partial charge in [0.1, 0.15) is 18.3 Å². The van der Waals surface area contributed by atoms with Crippen molar-refractivity contribution in [1.82, 2.24) is 0 Å². The van der Waals surface area contributed by atoms with E-state index in [2.05, 4.69) is 4.74 Å². The first kappa shape index (κ1) is 23.2. The fourth-order valence-electron chi connectivity index (χ4n) is 1.06. The van der Waals surface area contributed by atoms with Crippen LogP contribution in [-0.4, -0.2) is 53.6 Å². The summed E-state index contributed by atoms with van der Waals surface area (Å²) in [6.45, 7) is -0.321. The molecule has 8 heteroatoms. The van der Waals surface area contributed by atoms with Crippen molar-refractivity contribution in [2.45, 2.75) is 24.6 Å². The summed E-state index contributed by atoms with van der Waals surface area (Å²) < 4.78 is 9.59. The van der Waals surface area contributed by atoms with Gasteiger partial charge in [-0.1, -0.05) is 0 Å². The molecule has 0 spiro atoms. The van der Waals surface area contributed by atoms with Crippen molar-refractivity contribution in [3.8, 4) is 0 Å². The molecule has 5 nitrogen and oxygen atoms in total. The fraction of sp³-hybridized carbons (Fsp3) is 1.00. The third kappa shape index (κ3) is 6.34. The summed E-state index contributed by atoms with van der Waals surface area (Å²) in [5, 5.41) is 26.9. The van der Waals surface area contributed by atoms with Crippen LogP contribution in [-0.2, 0) is 9.47 Å². The second-order valence-electron chi connectivity index (χ2n) is 2.44. The van der Waals surface area contributed by atoms with Gasteiger partial charge in [-0.05, 0) is 0 Å². The minimum Gasteiger partial charge on any atom is -0.394 e. The molecule has 1 saturated heterocycles. The van der Waals surface area contributed by atoms with Gasteiger partial charge in [0.15, 0.2) is 6.29 Å². The van der Waals surface area contributed by atoms with Gasteiger partial charge in [0.25, 0.3) is 0 Å². The molecule has 0 aliphatic carbocycles. The van der Waals surface area contributed by atoms with Crippen molar-refractivity contribution in [2.75, 3.05) is 13.7 Å². The Kier molecular flexibility index (Phi) is 20.2. The molecular formula is C6H12Ac3O5. The van der Waals surface area contributed by atoms with E-state index in [0.717, 1.165) is 0 Å². The molecule has 75 valence electrons. The average Bonchev–Trinajstić information content (AvgIpc) is 2.30. The molecule has 4 unspecified atom stereocenters. The van der Waals surface area contributed by atoms with Crippen LogP contribution >= 0.6 is 0 Å². The Morgan fingerprint density at radius 1 is 1.14 bits per heavy atom. The summed E-state index contributed by atoms with van der Waals surface area (Å²) >= 11 is 0. The first-order valence-electron chi connectivity index (χ1n) is 3.36. The van der Waals surface area contributed by atoms with Crippen LogP contribution in [0.5, 0.6) is 0 Å². The standard InChI is InChI=1S/C6H12O5.3Ac/c1-10-6-5(9)4(8)3(2-7)11-6;;;/h3-9H,2H2,1H3;;;. The van der Waals surface area contributed by atoms with Crippen LogP contribution in [0.4, 0.5) is 0 Å². The summed E-state index contributed by atoms with van der Waals surface area (Å²) in [4.78, 5) is 0. The maximum atomic E-state index is 9.15. The van der Waals surface area contributed by atoms with E-state index in [0.29, 0.717) is 0 Å². The van der Waals surface area contributed by atoms with E-state index in [-0.39, 0.29) is 139 Å². The minimum atomic E-state index is -1.07. The van der Waals surface area contributed by atoms with Crippen LogP contribution in [0.2, 0.25) is 0 Å². The van der Waals surface area contributed by atoms with E-state index in [9.17, 15) is 0 Å². The number of ether oxygens (including phenoxy) is 2. The molecule has 3 N–H and O–H groups in total. The minimum absolute atomic E-state index is 0.